The molecule has 0 aliphatic carbocycles. The minimum Gasteiger partial charge on any atom is -0.481 e. The van der Waals surface area contributed by atoms with Crippen LogP contribution in [-0.2, 0) is 11.2 Å². The Hall–Kier alpha value is -1.04. The average Bonchev–Trinajstić information content (AvgIpc) is 2.07. The quantitative estimate of drug-likeness (QED) is 0.913. The number of pyridine rings is 1. The number of aromatic nitrogens is 1. The molecule has 0 aliphatic heterocycles. The van der Waals surface area contributed by atoms with E-state index in [1.54, 1.807) is 0 Å². The lowest BCUT2D eigenvalue weighted by Gasteiger charge is -2.03. The lowest BCUT2D eigenvalue weighted by Crippen LogP contribution is -2.02. The molecule has 0 saturated heterocycles. The first-order chi connectivity index (χ1) is 6.50. The van der Waals surface area contributed by atoms with Gasteiger partial charge >= 0.3 is 5.97 Å². The van der Waals surface area contributed by atoms with Crippen molar-refractivity contribution in [3.8, 4) is 0 Å². The molecule has 1 rings (SSSR count). The molecule has 1 N–H and O–H groups in total. The zero-order valence-electron chi connectivity index (χ0n) is 6.88. The van der Waals surface area contributed by atoms with E-state index >= 15 is 0 Å². The summed E-state index contributed by atoms with van der Waals surface area (Å²) < 4.78 is 24.6. The zero-order valence-corrected chi connectivity index (χ0v) is 8.46. The number of rotatable bonds is 3. The standard InChI is InChI=1S/C8H6BrF2NO2/c9-5-2-6(8(10)11)12-3-4(5)1-7(13)14/h2-3,8H,1H2,(H,13,14). The Kier molecular flexibility index (Phi) is 3.51. The van der Waals surface area contributed by atoms with E-state index in [1.807, 2.05) is 0 Å². The molecule has 0 saturated carbocycles. The SMILES string of the molecule is O=C(O)Cc1cnc(C(F)F)cc1Br. The molecule has 1 aromatic rings. The third-order valence-corrected chi connectivity index (χ3v) is 2.25. The maximum absolute atomic E-state index is 12.1. The van der Waals surface area contributed by atoms with E-state index in [0.717, 1.165) is 12.3 Å². The number of halogens is 3. The van der Waals surface area contributed by atoms with Gasteiger partial charge in [0.25, 0.3) is 6.43 Å². The highest BCUT2D eigenvalue weighted by Gasteiger charge is 2.12. The molecule has 6 heteroatoms. The minimum atomic E-state index is -2.65. The van der Waals surface area contributed by atoms with Crippen molar-refractivity contribution in [1.82, 2.24) is 4.98 Å². The molecule has 0 amide bonds. The van der Waals surface area contributed by atoms with Crippen molar-refractivity contribution in [3.63, 3.8) is 0 Å². The van der Waals surface area contributed by atoms with E-state index in [4.69, 9.17) is 5.11 Å². The van der Waals surface area contributed by atoms with E-state index in [-0.39, 0.29) is 12.1 Å². The van der Waals surface area contributed by atoms with Gasteiger partial charge in [-0.15, -0.1) is 0 Å². The van der Waals surface area contributed by atoms with Gasteiger partial charge in [-0.05, 0) is 11.6 Å². The van der Waals surface area contributed by atoms with Crippen molar-refractivity contribution in [3.05, 3.63) is 28.0 Å². The molecule has 0 unspecified atom stereocenters. The number of nitrogens with zero attached hydrogens (tertiary/aromatic N) is 1. The van der Waals surface area contributed by atoms with Crippen molar-refractivity contribution in [2.75, 3.05) is 0 Å². The number of carbonyl (C=O) groups is 1. The molecule has 0 aromatic carbocycles. The molecular weight excluding hydrogens is 260 g/mol. The molecular formula is C8H6BrF2NO2. The summed E-state index contributed by atoms with van der Waals surface area (Å²) in [4.78, 5) is 13.8. The largest absolute Gasteiger partial charge is 0.481 e. The van der Waals surface area contributed by atoms with Crippen LogP contribution in [-0.4, -0.2) is 16.1 Å². The Morgan fingerprint density at radius 1 is 1.64 bits per heavy atom. The molecule has 0 atom stereocenters. The first-order valence-electron chi connectivity index (χ1n) is 3.65. The van der Waals surface area contributed by atoms with Gasteiger partial charge in [-0.3, -0.25) is 9.78 Å². The van der Waals surface area contributed by atoms with Gasteiger partial charge in [-0.2, -0.15) is 0 Å². The van der Waals surface area contributed by atoms with Gasteiger partial charge < -0.3 is 5.11 Å². The Bertz CT molecular complexity index is 357. The smallest absolute Gasteiger partial charge is 0.307 e. The summed E-state index contributed by atoms with van der Waals surface area (Å²) in [7, 11) is 0. The molecule has 1 aromatic heterocycles. The van der Waals surface area contributed by atoms with Gasteiger partial charge in [0.15, 0.2) is 0 Å². The average molecular weight is 266 g/mol. The van der Waals surface area contributed by atoms with Crippen molar-refractivity contribution < 1.29 is 18.7 Å². The number of hydrogen-bond acceptors (Lipinski definition) is 2. The summed E-state index contributed by atoms with van der Waals surface area (Å²) >= 11 is 3.01. The molecule has 0 spiro atoms. The predicted octanol–water partition coefficient (Wildman–Crippen LogP) is 2.41. The van der Waals surface area contributed by atoms with Gasteiger partial charge in [0.05, 0.1) is 6.42 Å². The normalized spacial score (nSPS) is 10.6. The molecule has 14 heavy (non-hydrogen) atoms. The van der Waals surface area contributed by atoms with E-state index in [9.17, 15) is 13.6 Å². The van der Waals surface area contributed by atoms with Crippen molar-refractivity contribution in [2.24, 2.45) is 0 Å². The van der Waals surface area contributed by atoms with Gasteiger partial charge in [0.2, 0.25) is 0 Å². The lowest BCUT2D eigenvalue weighted by molar-refractivity contribution is -0.136. The Balaban J connectivity index is 2.95. The van der Waals surface area contributed by atoms with Gasteiger partial charge in [-0.25, -0.2) is 8.78 Å². The summed E-state index contributed by atoms with van der Waals surface area (Å²) in [6, 6.07) is 1.13. The third kappa shape index (κ3) is 2.73. The van der Waals surface area contributed by atoms with Gasteiger partial charge in [0.1, 0.15) is 5.69 Å². The summed E-state index contributed by atoms with van der Waals surface area (Å²) in [5, 5.41) is 8.47. The van der Waals surface area contributed by atoms with E-state index in [1.165, 1.54) is 0 Å². The minimum absolute atomic E-state index is 0.239. The highest BCUT2D eigenvalue weighted by Crippen LogP contribution is 2.23. The first-order valence-corrected chi connectivity index (χ1v) is 4.44. The van der Waals surface area contributed by atoms with Crippen LogP contribution in [0, 0.1) is 0 Å². The predicted molar refractivity (Wildman–Crippen MR) is 48.2 cm³/mol. The van der Waals surface area contributed by atoms with Crippen molar-refractivity contribution in [2.45, 2.75) is 12.8 Å². The summed E-state index contributed by atoms with van der Waals surface area (Å²) in [5.41, 5.74) is 0.00733. The monoisotopic (exact) mass is 265 g/mol. The number of carboxylic acid groups (broad SMARTS) is 1. The van der Waals surface area contributed by atoms with Crippen LogP contribution in [0.3, 0.4) is 0 Å². The molecule has 0 radical (unpaired) electrons. The molecule has 3 nitrogen and oxygen atoms in total. The van der Waals surface area contributed by atoms with Crippen LogP contribution < -0.4 is 0 Å². The maximum Gasteiger partial charge on any atom is 0.307 e. The van der Waals surface area contributed by atoms with Crippen LogP contribution >= 0.6 is 15.9 Å². The van der Waals surface area contributed by atoms with Crippen LogP contribution in [0.5, 0.6) is 0 Å². The second kappa shape index (κ2) is 4.45. The van der Waals surface area contributed by atoms with E-state index < -0.39 is 12.4 Å². The maximum atomic E-state index is 12.1. The molecule has 1 heterocycles. The van der Waals surface area contributed by atoms with Gasteiger partial charge in [-0.1, -0.05) is 15.9 Å². The molecule has 0 aliphatic rings. The van der Waals surface area contributed by atoms with Crippen LogP contribution in [0.2, 0.25) is 0 Å². The number of alkyl halides is 2. The molecule has 0 bridgehead atoms. The molecule has 0 fully saturated rings. The third-order valence-electron chi connectivity index (χ3n) is 1.52. The van der Waals surface area contributed by atoms with E-state index in [2.05, 4.69) is 20.9 Å². The second-order valence-corrected chi connectivity index (χ2v) is 3.43. The number of hydrogen-bond donors (Lipinski definition) is 1. The summed E-state index contributed by atoms with van der Waals surface area (Å²) in [5.74, 6) is -1.03. The summed E-state index contributed by atoms with van der Waals surface area (Å²) in [6.45, 7) is 0. The number of carboxylic acids is 1. The fourth-order valence-corrected chi connectivity index (χ4v) is 1.36. The fraction of sp³-hybridized carbons (Fsp3) is 0.250. The fourth-order valence-electron chi connectivity index (χ4n) is 0.886. The summed E-state index contributed by atoms with van der Waals surface area (Å²) in [6.07, 6.45) is -1.75. The first kappa shape index (κ1) is 11.0. The highest BCUT2D eigenvalue weighted by atomic mass is 79.9. The topological polar surface area (TPSA) is 50.2 Å². The van der Waals surface area contributed by atoms with Crippen LogP contribution in [0.4, 0.5) is 8.78 Å². The second-order valence-electron chi connectivity index (χ2n) is 2.57. The lowest BCUT2D eigenvalue weighted by atomic mass is 10.2. The zero-order chi connectivity index (χ0) is 10.7. The van der Waals surface area contributed by atoms with Crippen LogP contribution in [0.15, 0.2) is 16.7 Å². The highest BCUT2D eigenvalue weighted by molar-refractivity contribution is 9.10. The number of aliphatic carboxylic acids is 1. The van der Waals surface area contributed by atoms with Crippen molar-refractivity contribution >= 4 is 21.9 Å². The van der Waals surface area contributed by atoms with E-state index in [0.29, 0.717) is 10.0 Å². The molecule has 76 valence electrons. The Morgan fingerprint density at radius 3 is 2.71 bits per heavy atom. The van der Waals surface area contributed by atoms with Crippen LogP contribution in [0.1, 0.15) is 17.7 Å². The van der Waals surface area contributed by atoms with Crippen molar-refractivity contribution in [1.29, 1.82) is 0 Å². The Labute approximate surface area is 86.9 Å². The van der Waals surface area contributed by atoms with Gasteiger partial charge in [0, 0.05) is 10.7 Å². The Morgan fingerprint density at radius 2 is 2.29 bits per heavy atom. The van der Waals surface area contributed by atoms with Crippen LogP contribution in [0.25, 0.3) is 0 Å².